The van der Waals surface area contributed by atoms with Crippen molar-refractivity contribution in [2.75, 3.05) is 32.8 Å². The van der Waals surface area contributed by atoms with Gasteiger partial charge in [-0.1, -0.05) is 13.8 Å². The molecule has 1 saturated heterocycles. The standard InChI is InChI=1S/C14H28N2O3/c1-6-18-13(17)12(15-11(2)3)9-16-7-8-19-14(4,5)10-16/h11-12,15H,6-10H2,1-5H3. The summed E-state index contributed by atoms with van der Waals surface area (Å²) in [4.78, 5) is 14.2. The normalized spacial score (nSPS) is 21.4. The summed E-state index contributed by atoms with van der Waals surface area (Å²) in [7, 11) is 0. The number of carbonyl (C=O) groups excluding carboxylic acids is 1. The minimum Gasteiger partial charge on any atom is -0.465 e. The van der Waals surface area contributed by atoms with Crippen molar-refractivity contribution in [3.8, 4) is 0 Å². The molecule has 1 atom stereocenters. The second-order valence-electron chi connectivity index (χ2n) is 5.97. The Balaban J connectivity index is 2.58. The summed E-state index contributed by atoms with van der Waals surface area (Å²) in [6.45, 7) is 13.6. The highest BCUT2D eigenvalue weighted by Gasteiger charge is 2.30. The molecule has 0 aromatic carbocycles. The number of ether oxygens (including phenoxy) is 2. The summed E-state index contributed by atoms with van der Waals surface area (Å²) in [6.07, 6.45) is 0. The molecule has 1 fully saturated rings. The molecule has 1 heterocycles. The van der Waals surface area contributed by atoms with Gasteiger partial charge in [-0.2, -0.15) is 0 Å². The molecule has 0 aliphatic carbocycles. The van der Waals surface area contributed by atoms with Gasteiger partial charge in [-0.25, -0.2) is 0 Å². The molecule has 0 amide bonds. The first kappa shape index (κ1) is 16.4. The van der Waals surface area contributed by atoms with Gasteiger partial charge in [0, 0.05) is 25.7 Å². The topological polar surface area (TPSA) is 50.8 Å². The number of rotatable bonds is 6. The molecule has 112 valence electrons. The molecule has 1 unspecified atom stereocenters. The second kappa shape index (κ2) is 7.22. The average molecular weight is 272 g/mol. The Bertz CT molecular complexity index is 292. The number of hydrogen-bond acceptors (Lipinski definition) is 5. The molecule has 0 aromatic heterocycles. The number of carbonyl (C=O) groups is 1. The van der Waals surface area contributed by atoms with Gasteiger partial charge < -0.3 is 14.8 Å². The van der Waals surface area contributed by atoms with Crippen molar-refractivity contribution in [3.63, 3.8) is 0 Å². The first-order valence-corrected chi connectivity index (χ1v) is 7.13. The van der Waals surface area contributed by atoms with Gasteiger partial charge in [-0.05, 0) is 20.8 Å². The van der Waals surface area contributed by atoms with E-state index in [0.29, 0.717) is 19.8 Å². The largest absolute Gasteiger partial charge is 0.465 e. The minimum absolute atomic E-state index is 0.144. The third kappa shape index (κ3) is 5.89. The fourth-order valence-corrected chi connectivity index (χ4v) is 2.37. The van der Waals surface area contributed by atoms with Gasteiger partial charge in [-0.15, -0.1) is 0 Å². The van der Waals surface area contributed by atoms with E-state index in [-0.39, 0.29) is 23.7 Å². The highest BCUT2D eigenvalue weighted by molar-refractivity contribution is 5.76. The summed E-state index contributed by atoms with van der Waals surface area (Å²) in [6, 6.07) is -0.0164. The molecule has 0 bridgehead atoms. The minimum atomic E-state index is -0.270. The third-order valence-electron chi connectivity index (χ3n) is 3.05. The summed E-state index contributed by atoms with van der Waals surface area (Å²) < 4.78 is 10.8. The van der Waals surface area contributed by atoms with Crippen LogP contribution in [0.25, 0.3) is 0 Å². The molecule has 19 heavy (non-hydrogen) atoms. The van der Waals surface area contributed by atoms with Crippen LogP contribution >= 0.6 is 0 Å². The predicted molar refractivity (Wildman–Crippen MR) is 75.2 cm³/mol. The maximum atomic E-state index is 12.0. The Morgan fingerprint density at radius 1 is 1.47 bits per heavy atom. The summed E-state index contributed by atoms with van der Waals surface area (Å²) in [5.74, 6) is -0.166. The Morgan fingerprint density at radius 3 is 2.68 bits per heavy atom. The Hall–Kier alpha value is -0.650. The SMILES string of the molecule is CCOC(=O)C(CN1CCOC(C)(C)C1)NC(C)C. The number of morpholine rings is 1. The lowest BCUT2D eigenvalue weighted by Crippen LogP contribution is -2.55. The lowest BCUT2D eigenvalue weighted by atomic mass is 10.1. The van der Waals surface area contributed by atoms with Gasteiger partial charge in [0.1, 0.15) is 6.04 Å². The van der Waals surface area contributed by atoms with E-state index in [2.05, 4.69) is 24.1 Å². The fraction of sp³-hybridized carbons (Fsp3) is 0.929. The maximum Gasteiger partial charge on any atom is 0.324 e. The lowest BCUT2D eigenvalue weighted by Gasteiger charge is -2.39. The highest BCUT2D eigenvalue weighted by atomic mass is 16.5. The lowest BCUT2D eigenvalue weighted by molar-refractivity contribution is -0.147. The Labute approximate surface area is 116 Å². The van der Waals surface area contributed by atoms with E-state index in [1.165, 1.54) is 0 Å². The van der Waals surface area contributed by atoms with Crippen LogP contribution in [0.4, 0.5) is 0 Å². The van der Waals surface area contributed by atoms with E-state index >= 15 is 0 Å². The molecule has 5 nitrogen and oxygen atoms in total. The molecular weight excluding hydrogens is 244 g/mol. The van der Waals surface area contributed by atoms with E-state index in [4.69, 9.17) is 9.47 Å². The second-order valence-corrected chi connectivity index (χ2v) is 5.97. The van der Waals surface area contributed by atoms with Gasteiger partial charge in [0.2, 0.25) is 0 Å². The van der Waals surface area contributed by atoms with Crippen LogP contribution in [0.2, 0.25) is 0 Å². The van der Waals surface area contributed by atoms with Gasteiger partial charge in [0.15, 0.2) is 0 Å². The molecule has 0 aromatic rings. The monoisotopic (exact) mass is 272 g/mol. The van der Waals surface area contributed by atoms with Crippen molar-refractivity contribution in [2.45, 2.75) is 52.3 Å². The zero-order valence-corrected chi connectivity index (χ0v) is 12.9. The third-order valence-corrected chi connectivity index (χ3v) is 3.05. The first-order valence-electron chi connectivity index (χ1n) is 7.13. The van der Waals surface area contributed by atoms with Crippen molar-refractivity contribution in [1.29, 1.82) is 0 Å². The van der Waals surface area contributed by atoms with Crippen molar-refractivity contribution >= 4 is 5.97 Å². The number of esters is 1. The number of nitrogens with zero attached hydrogens (tertiary/aromatic N) is 1. The van der Waals surface area contributed by atoms with Crippen molar-refractivity contribution in [2.24, 2.45) is 0 Å². The average Bonchev–Trinajstić information content (AvgIpc) is 2.26. The smallest absolute Gasteiger partial charge is 0.324 e. The van der Waals surface area contributed by atoms with E-state index in [0.717, 1.165) is 13.1 Å². The summed E-state index contributed by atoms with van der Waals surface area (Å²) in [5.41, 5.74) is -0.144. The molecule has 1 aliphatic rings. The van der Waals surface area contributed by atoms with Crippen molar-refractivity contribution in [3.05, 3.63) is 0 Å². The van der Waals surface area contributed by atoms with Crippen molar-refractivity contribution < 1.29 is 14.3 Å². The maximum absolute atomic E-state index is 12.0. The zero-order chi connectivity index (χ0) is 14.5. The van der Waals surface area contributed by atoms with E-state index in [9.17, 15) is 4.79 Å². The molecular formula is C14H28N2O3. The van der Waals surface area contributed by atoms with Crippen LogP contribution in [-0.2, 0) is 14.3 Å². The van der Waals surface area contributed by atoms with Crippen LogP contribution < -0.4 is 5.32 Å². The van der Waals surface area contributed by atoms with E-state index < -0.39 is 0 Å². The quantitative estimate of drug-likeness (QED) is 0.732. The van der Waals surface area contributed by atoms with Crippen LogP contribution in [0.1, 0.15) is 34.6 Å². The Kier molecular flexibility index (Phi) is 6.23. The van der Waals surface area contributed by atoms with Crippen LogP contribution in [0.15, 0.2) is 0 Å². The van der Waals surface area contributed by atoms with E-state index in [1.54, 1.807) is 0 Å². The van der Waals surface area contributed by atoms with E-state index in [1.807, 2.05) is 20.8 Å². The Morgan fingerprint density at radius 2 is 2.16 bits per heavy atom. The molecule has 5 heteroatoms. The number of hydrogen-bond donors (Lipinski definition) is 1. The molecule has 0 radical (unpaired) electrons. The van der Waals surface area contributed by atoms with Gasteiger partial charge in [0.25, 0.3) is 0 Å². The molecule has 1 aliphatic heterocycles. The van der Waals surface area contributed by atoms with Crippen LogP contribution in [0, 0.1) is 0 Å². The zero-order valence-electron chi connectivity index (χ0n) is 12.9. The van der Waals surface area contributed by atoms with Crippen LogP contribution in [0.3, 0.4) is 0 Å². The molecule has 0 saturated carbocycles. The summed E-state index contributed by atoms with van der Waals surface area (Å²) in [5, 5.41) is 3.28. The molecule has 1 rings (SSSR count). The van der Waals surface area contributed by atoms with Gasteiger partial charge in [0.05, 0.1) is 18.8 Å². The summed E-state index contributed by atoms with van der Waals surface area (Å²) >= 11 is 0. The van der Waals surface area contributed by atoms with Gasteiger partial charge in [-0.3, -0.25) is 9.69 Å². The fourth-order valence-electron chi connectivity index (χ4n) is 2.37. The first-order chi connectivity index (χ1) is 8.84. The number of nitrogens with one attached hydrogen (secondary N) is 1. The predicted octanol–water partition coefficient (Wildman–Crippen LogP) is 1.03. The van der Waals surface area contributed by atoms with Crippen LogP contribution in [-0.4, -0.2) is 61.4 Å². The molecule has 0 spiro atoms. The highest BCUT2D eigenvalue weighted by Crippen LogP contribution is 2.16. The molecule has 1 N–H and O–H groups in total. The van der Waals surface area contributed by atoms with Crippen LogP contribution in [0.5, 0.6) is 0 Å². The van der Waals surface area contributed by atoms with Crippen molar-refractivity contribution in [1.82, 2.24) is 10.2 Å². The van der Waals surface area contributed by atoms with Gasteiger partial charge >= 0.3 is 5.97 Å².